The standard InChI is InChI=1S/C9H10O3/c1-2-6-3-9(12)7(5-10)4-8(6)11/h3-4,10H,2,5H2,1H3. The Hall–Kier alpha value is -1.22. The number of aliphatic hydroxyl groups excluding tert-OH is 1. The van der Waals surface area contributed by atoms with Crippen molar-refractivity contribution in [2.45, 2.75) is 13.3 Å². The predicted octanol–water partition coefficient (Wildman–Crippen LogP) is 0.393. The number of rotatable bonds is 2. The van der Waals surface area contributed by atoms with E-state index in [1.807, 2.05) is 6.92 Å². The van der Waals surface area contributed by atoms with Crippen molar-refractivity contribution in [3.8, 4) is 0 Å². The summed E-state index contributed by atoms with van der Waals surface area (Å²) in [5.74, 6) is -0.421. The molecule has 3 nitrogen and oxygen atoms in total. The molecule has 0 aliphatic heterocycles. The van der Waals surface area contributed by atoms with Crippen molar-refractivity contribution in [3.05, 3.63) is 23.3 Å². The van der Waals surface area contributed by atoms with Gasteiger partial charge in [0.2, 0.25) is 0 Å². The van der Waals surface area contributed by atoms with Crippen LogP contribution in [0.1, 0.15) is 13.3 Å². The summed E-state index contributed by atoms with van der Waals surface area (Å²) in [6, 6.07) is 0. The molecule has 0 radical (unpaired) electrons. The smallest absolute Gasteiger partial charge is 0.184 e. The molecule has 0 saturated carbocycles. The Bertz CT molecular complexity index is 254. The van der Waals surface area contributed by atoms with Gasteiger partial charge in [-0.2, -0.15) is 0 Å². The molecule has 1 aliphatic carbocycles. The Balaban J connectivity index is 2.94. The zero-order valence-corrected chi connectivity index (χ0v) is 6.83. The Labute approximate surface area is 70.4 Å². The first kappa shape index (κ1) is 8.87. The average molecular weight is 166 g/mol. The molecule has 0 heterocycles. The summed E-state index contributed by atoms with van der Waals surface area (Å²) >= 11 is 0. The summed E-state index contributed by atoms with van der Waals surface area (Å²) in [5, 5.41) is 8.67. The monoisotopic (exact) mass is 166 g/mol. The SMILES string of the molecule is CCC1=CC(=O)C(CO)=CC1=O. The second kappa shape index (κ2) is 3.45. The third-order valence-electron chi connectivity index (χ3n) is 1.79. The molecular formula is C9H10O3. The summed E-state index contributed by atoms with van der Waals surface area (Å²) in [6.45, 7) is 1.45. The predicted molar refractivity (Wildman–Crippen MR) is 43.6 cm³/mol. The van der Waals surface area contributed by atoms with Crippen molar-refractivity contribution in [1.82, 2.24) is 0 Å². The van der Waals surface area contributed by atoms with Crippen LogP contribution in [0.2, 0.25) is 0 Å². The number of carbonyl (C=O) groups is 2. The Morgan fingerprint density at radius 3 is 2.17 bits per heavy atom. The Kier molecular flexibility index (Phi) is 2.55. The largest absolute Gasteiger partial charge is 0.392 e. The van der Waals surface area contributed by atoms with Gasteiger partial charge in [0.25, 0.3) is 0 Å². The second-order valence-corrected chi connectivity index (χ2v) is 2.58. The summed E-state index contributed by atoms with van der Waals surface area (Å²) in [7, 11) is 0. The van der Waals surface area contributed by atoms with E-state index < -0.39 is 0 Å². The van der Waals surface area contributed by atoms with Crippen LogP contribution in [0.4, 0.5) is 0 Å². The summed E-state index contributed by atoms with van der Waals surface area (Å²) in [5.41, 5.74) is 0.689. The zero-order chi connectivity index (χ0) is 9.14. The van der Waals surface area contributed by atoms with Crippen LogP contribution in [-0.4, -0.2) is 23.3 Å². The highest BCUT2D eigenvalue weighted by molar-refractivity contribution is 6.19. The molecule has 1 N–H and O–H groups in total. The van der Waals surface area contributed by atoms with Crippen LogP contribution in [0.5, 0.6) is 0 Å². The molecule has 0 aromatic carbocycles. The van der Waals surface area contributed by atoms with Crippen LogP contribution < -0.4 is 0 Å². The fourth-order valence-electron chi connectivity index (χ4n) is 1.04. The molecule has 0 amide bonds. The molecule has 0 bridgehead atoms. The molecule has 3 heteroatoms. The lowest BCUT2D eigenvalue weighted by Crippen LogP contribution is -2.14. The summed E-state index contributed by atoms with van der Waals surface area (Å²) in [4.78, 5) is 22.2. The maximum absolute atomic E-state index is 11.1. The second-order valence-electron chi connectivity index (χ2n) is 2.58. The van der Waals surface area contributed by atoms with Gasteiger partial charge in [-0.1, -0.05) is 6.92 Å². The fourth-order valence-corrected chi connectivity index (χ4v) is 1.04. The molecule has 0 aromatic heterocycles. The number of ketones is 2. The lowest BCUT2D eigenvalue weighted by atomic mass is 9.96. The number of aliphatic hydroxyl groups is 1. The molecule has 1 aliphatic rings. The maximum Gasteiger partial charge on any atom is 0.184 e. The lowest BCUT2D eigenvalue weighted by molar-refractivity contribution is -0.115. The van der Waals surface area contributed by atoms with E-state index in [1.54, 1.807) is 0 Å². The molecule has 0 spiro atoms. The van der Waals surface area contributed by atoms with Crippen molar-refractivity contribution in [3.63, 3.8) is 0 Å². The van der Waals surface area contributed by atoms with Gasteiger partial charge in [0, 0.05) is 11.1 Å². The lowest BCUT2D eigenvalue weighted by Gasteiger charge is -2.07. The van der Waals surface area contributed by atoms with Gasteiger partial charge in [-0.15, -0.1) is 0 Å². The van der Waals surface area contributed by atoms with Gasteiger partial charge in [0.05, 0.1) is 6.61 Å². The molecule has 0 aromatic rings. The van der Waals surface area contributed by atoms with Gasteiger partial charge >= 0.3 is 0 Å². The normalized spacial score (nSPS) is 17.5. The molecule has 0 atom stereocenters. The van der Waals surface area contributed by atoms with E-state index in [0.717, 1.165) is 0 Å². The van der Waals surface area contributed by atoms with Crippen LogP contribution in [0.15, 0.2) is 23.3 Å². The van der Waals surface area contributed by atoms with Crippen LogP contribution in [0.3, 0.4) is 0 Å². The molecule has 0 saturated heterocycles. The van der Waals surface area contributed by atoms with E-state index in [-0.39, 0.29) is 23.7 Å². The van der Waals surface area contributed by atoms with Gasteiger partial charge in [-0.25, -0.2) is 0 Å². The molecular weight excluding hydrogens is 156 g/mol. The third-order valence-corrected chi connectivity index (χ3v) is 1.79. The van der Waals surface area contributed by atoms with Gasteiger partial charge < -0.3 is 5.11 Å². The van der Waals surface area contributed by atoms with Crippen LogP contribution in [0, 0.1) is 0 Å². The van der Waals surface area contributed by atoms with Crippen molar-refractivity contribution in [2.24, 2.45) is 0 Å². The quantitative estimate of drug-likeness (QED) is 0.604. The maximum atomic E-state index is 11.1. The fraction of sp³-hybridized carbons (Fsp3) is 0.333. The van der Waals surface area contributed by atoms with E-state index >= 15 is 0 Å². The number of carbonyl (C=O) groups excluding carboxylic acids is 2. The summed E-state index contributed by atoms with van der Waals surface area (Å²) < 4.78 is 0. The van der Waals surface area contributed by atoms with Crippen molar-refractivity contribution >= 4 is 11.6 Å². The summed E-state index contributed by atoms with van der Waals surface area (Å²) in [6.07, 6.45) is 3.06. The van der Waals surface area contributed by atoms with Gasteiger partial charge in [-0.3, -0.25) is 9.59 Å². The molecule has 1 rings (SSSR count). The Morgan fingerprint density at radius 2 is 1.67 bits per heavy atom. The van der Waals surface area contributed by atoms with E-state index in [0.29, 0.717) is 12.0 Å². The van der Waals surface area contributed by atoms with Crippen LogP contribution in [-0.2, 0) is 9.59 Å². The third kappa shape index (κ3) is 1.51. The van der Waals surface area contributed by atoms with Crippen LogP contribution >= 0.6 is 0 Å². The first-order valence-corrected chi connectivity index (χ1v) is 3.79. The highest BCUT2D eigenvalue weighted by Crippen LogP contribution is 2.13. The molecule has 0 fully saturated rings. The molecule has 0 unspecified atom stereocenters. The van der Waals surface area contributed by atoms with Crippen molar-refractivity contribution in [2.75, 3.05) is 6.61 Å². The van der Waals surface area contributed by atoms with Crippen molar-refractivity contribution in [1.29, 1.82) is 0 Å². The number of hydrogen-bond acceptors (Lipinski definition) is 3. The minimum Gasteiger partial charge on any atom is -0.392 e. The molecule has 64 valence electrons. The minimum absolute atomic E-state index is 0.166. The van der Waals surface area contributed by atoms with E-state index in [1.165, 1.54) is 12.2 Å². The number of allylic oxidation sites excluding steroid dienone is 3. The topological polar surface area (TPSA) is 54.4 Å². The minimum atomic E-state index is -0.363. The Morgan fingerprint density at radius 1 is 1.17 bits per heavy atom. The van der Waals surface area contributed by atoms with E-state index in [9.17, 15) is 9.59 Å². The van der Waals surface area contributed by atoms with Crippen LogP contribution in [0.25, 0.3) is 0 Å². The average Bonchev–Trinajstić information content (AvgIpc) is 2.08. The van der Waals surface area contributed by atoms with Gasteiger partial charge in [0.15, 0.2) is 11.6 Å². The first-order chi connectivity index (χ1) is 5.69. The number of hydrogen-bond donors (Lipinski definition) is 1. The zero-order valence-electron chi connectivity index (χ0n) is 6.83. The van der Waals surface area contributed by atoms with Gasteiger partial charge in [0.1, 0.15) is 0 Å². The molecule has 12 heavy (non-hydrogen) atoms. The first-order valence-electron chi connectivity index (χ1n) is 3.79. The highest BCUT2D eigenvalue weighted by Gasteiger charge is 2.17. The van der Waals surface area contributed by atoms with E-state index in [4.69, 9.17) is 5.11 Å². The van der Waals surface area contributed by atoms with Crippen molar-refractivity contribution < 1.29 is 14.7 Å². The highest BCUT2D eigenvalue weighted by atomic mass is 16.3. The van der Waals surface area contributed by atoms with E-state index in [2.05, 4.69) is 0 Å². The van der Waals surface area contributed by atoms with Gasteiger partial charge in [-0.05, 0) is 18.6 Å².